The van der Waals surface area contributed by atoms with E-state index in [1.54, 1.807) is 24.3 Å². The molecule has 3 rings (SSSR count). The van der Waals surface area contributed by atoms with Crippen molar-refractivity contribution in [2.75, 3.05) is 5.32 Å². The molecule has 0 saturated heterocycles. The summed E-state index contributed by atoms with van der Waals surface area (Å²) >= 11 is 17.7. The fraction of sp³-hybridized carbons (Fsp3) is 0.120. The van der Waals surface area contributed by atoms with Gasteiger partial charge in [0.15, 0.2) is 0 Å². The van der Waals surface area contributed by atoms with E-state index in [1.165, 1.54) is 5.56 Å². The van der Waals surface area contributed by atoms with Gasteiger partial charge >= 0.3 is 0 Å². The van der Waals surface area contributed by atoms with Gasteiger partial charge in [-0.15, -0.1) is 0 Å². The minimum Gasteiger partial charge on any atom is -0.487 e. The van der Waals surface area contributed by atoms with Crippen molar-refractivity contribution in [1.29, 1.82) is 5.26 Å². The molecule has 3 aromatic rings. The zero-order chi connectivity index (χ0) is 24.0. The second-order valence-corrected chi connectivity index (χ2v) is 9.86. The summed E-state index contributed by atoms with van der Waals surface area (Å²) in [6, 6.07) is 18.5. The smallest absolute Gasteiger partial charge is 0.266 e. The molecule has 0 fully saturated rings. The number of nitriles is 1. The van der Waals surface area contributed by atoms with Gasteiger partial charge in [0.25, 0.3) is 5.91 Å². The van der Waals surface area contributed by atoms with Crippen LogP contribution in [0.1, 0.15) is 23.6 Å². The molecule has 0 aromatic heterocycles. The van der Waals surface area contributed by atoms with Gasteiger partial charge in [0.05, 0.1) is 18.1 Å². The van der Waals surface area contributed by atoms with Gasteiger partial charge in [-0.3, -0.25) is 4.79 Å². The van der Waals surface area contributed by atoms with E-state index in [9.17, 15) is 10.1 Å². The summed E-state index contributed by atoms with van der Waals surface area (Å²) < 4.78 is 7.48. The van der Waals surface area contributed by atoms with Gasteiger partial charge in [-0.05, 0) is 104 Å². The van der Waals surface area contributed by atoms with Gasteiger partial charge < -0.3 is 10.1 Å². The van der Waals surface area contributed by atoms with Crippen molar-refractivity contribution in [1.82, 2.24) is 0 Å². The summed E-state index contributed by atoms with van der Waals surface area (Å²) in [5.74, 6) is 0.186. The number of halogens is 4. The molecule has 8 heteroatoms. The maximum absolute atomic E-state index is 12.6. The number of amides is 1. The number of hydrogen-bond acceptors (Lipinski definition) is 3. The van der Waals surface area contributed by atoms with Gasteiger partial charge in [0, 0.05) is 5.69 Å². The number of nitrogens with zero attached hydrogens (tertiary/aromatic N) is 1. The Labute approximate surface area is 224 Å². The molecular formula is C25H18BrCl2IN2O2. The highest BCUT2D eigenvalue weighted by atomic mass is 127. The molecule has 0 unspecified atom stereocenters. The Morgan fingerprint density at radius 1 is 1.12 bits per heavy atom. The number of benzene rings is 3. The quantitative estimate of drug-likeness (QED) is 0.159. The zero-order valence-corrected chi connectivity index (χ0v) is 22.7. The van der Waals surface area contributed by atoms with Gasteiger partial charge in [-0.25, -0.2) is 0 Å². The molecule has 0 radical (unpaired) electrons. The van der Waals surface area contributed by atoms with Gasteiger partial charge in [0.2, 0.25) is 0 Å². The number of nitrogens with one attached hydrogen (secondary N) is 1. The van der Waals surface area contributed by atoms with Crippen LogP contribution < -0.4 is 10.1 Å². The van der Waals surface area contributed by atoms with E-state index in [0.29, 0.717) is 38.1 Å². The molecule has 0 spiro atoms. The van der Waals surface area contributed by atoms with Crippen LogP contribution in [0.2, 0.25) is 10.0 Å². The number of rotatable bonds is 7. The summed E-state index contributed by atoms with van der Waals surface area (Å²) in [5, 5.41) is 13.2. The Morgan fingerprint density at radius 3 is 2.42 bits per heavy atom. The van der Waals surface area contributed by atoms with Crippen LogP contribution in [0.5, 0.6) is 5.75 Å². The third kappa shape index (κ3) is 6.97. The summed E-state index contributed by atoms with van der Waals surface area (Å²) in [6.07, 6.45) is 2.46. The Bertz CT molecular complexity index is 1230. The van der Waals surface area contributed by atoms with Crippen LogP contribution in [0.4, 0.5) is 5.69 Å². The average Bonchev–Trinajstić information content (AvgIpc) is 2.79. The number of ether oxygens (including phenoxy) is 1. The topological polar surface area (TPSA) is 62.1 Å². The number of aryl methyl sites for hydroxylation is 1. The SMILES string of the molecule is CCc1ccc(NC(=O)/C(C#N)=C/c2cc(Br)c(OCc3ccc(Cl)c(Cl)c3)c(I)c2)cc1. The van der Waals surface area contributed by atoms with Crippen molar-refractivity contribution >= 4 is 79.4 Å². The van der Waals surface area contributed by atoms with Crippen molar-refractivity contribution < 1.29 is 9.53 Å². The van der Waals surface area contributed by atoms with E-state index in [4.69, 9.17) is 27.9 Å². The number of anilines is 1. The van der Waals surface area contributed by atoms with Crippen LogP contribution in [0.3, 0.4) is 0 Å². The lowest BCUT2D eigenvalue weighted by atomic mass is 10.1. The molecular weight excluding hydrogens is 638 g/mol. The highest BCUT2D eigenvalue weighted by molar-refractivity contribution is 14.1. The summed E-state index contributed by atoms with van der Waals surface area (Å²) in [5.41, 5.74) is 3.39. The molecule has 3 aromatic carbocycles. The molecule has 33 heavy (non-hydrogen) atoms. The minimum absolute atomic E-state index is 0.00161. The Balaban J connectivity index is 1.75. The first-order valence-corrected chi connectivity index (χ1v) is 12.5. The van der Waals surface area contributed by atoms with Crippen LogP contribution in [0.15, 0.2) is 64.6 Å². The maximum atomic E-state index is 12.6. The molecule has 4 nitrogen and oxygen atoms in total. The Morgan fingerprint density at radius 2 is 1.82 bits per heavy atom. The van der Waals surface area contributed by atoms with E-state index >= 15 is 0 Å². The lowest BCUT2D eigenvalue weighted by molar-refractivity contribution is -0.112. The second-order valence-electron chi connectivity index (χ2n) is 7.03. The van der Waals surface area contributed by atoms with Crippen LogP contribution >= 0.6 is 61.7 Å². The zero-order valence-electron chi connectivity index (χ0n) is 17.5. The van der Waals surface area contributed by atoms with Crippen molar-refractivity contribution in [2.24, 2.45) is 0 Å². The first-order valence-electron chi connectivity index (χ1n) is 9.88. The molecule has 1 amide bonds. The monoisotopic (exact) mass is 654 g/mol. The van der Waals surface area contributed by atoms with E-state index in [-0.39, 0.29) is 5.57 Å². The first kappa shape index (κ1) is 25.6. The molecule has 168 valence electrons. The predicted octanol–water partition coefficient (Wildman–Crippen LogP) is 8.05. The minimum atomic E-state index is -0.465. The molecule has 0 saturated carbocycles. The van der Waals surface area contributed by atoms with Gasteiger partial charge in [0.1, 0.15) is 24.0 Å². The van der Waals surface area contributed by atoms with E-state index in [0.717, 1.165) is 15.6 Å². The Kier molecular flexibility index (Phi) is 9.21. The highest BCUT2D eigenvalue weighted by Gasteiger charge is 2.13. The van der Waals surface area contributed by atoms with Crippen LogP contribution in [-0.4, -0.2) is 5.91 Å². The summed E-state index contributed by atoms with van der Waals surface area (Å²) in [4.78, 5) is 12.6. The van der Waals surface area contributed by atoms with Crippen molar-refractivity contribution in [2.45, 2.75) is 20.0 Å². The lowest BCUT2D eigenvalue weighted by Crippen LogP contribution is -2.13. The maximum Gasteiger partial charge on any atom is 0.266 e. The van der Waals surface area contributed by atoms with Crippen molar-refractivity contribution in [3.63, 3.8) is 0 Å². The second kappa shape index (κ2) is 11.9. The number of hydrogen-bond donors (Lipinski definition) is 1. The average molecular weight is 656 g/mol. The van der Waals surface area contributed by atoms with E-state index < -0.39 is 5.91 Å². The Hall–Kier alpha value is -2.05. The first-order chi connectivity index (χ1) is 15.8. The molecule has 1 N–H and O–H groups in total. The number of carbonyl (C=O) groups is 1. The highest BCUT2D eigenvalue weighted by Crippen LogP contribution is 2.34. The molecule has 0 aliphatic carbocycles. The van der Waals surface area contributed by atoms with E-state index in [1.807, 2.05) is 42.5 Å². The molecule has 0 aliphatic heterocycles. The van der Waals surface area contributed by atoms with Gasteiger partial charge in [-0.1, -0.05) is 48.3 Å². The van der Waals surface area contributed by atoms with Crippen LogP contribution in [0, 0.1) is 14.9 Å². The van der Waals surface area contributed by atoms with Crippen LogP contribution in [-0.2, 0) is 17.8 Å². The summed E-state index contributed by atoms with van der Waals surface area (Å²) in [7, 11) is 0. The van der Waals surface area contributed by atoms with E-state index in [2.05, 4.69) is 50.8 Å². The summed E-state index contributed by atoms with van der Waals surface area (Å²) in [6.45, 7) is 2.37. The predicted molar refractivity (Wildman–Crippen MR) is 146 cm³/mol. The third-order valence-electron chi connectivity index (χ3n) is 4.68. The molecule has 0 atom stereocenters. The third-order valence-corrected chi connectivity index (χ3v) is 6.81. The standard InChI is InChI=1S/C25H18BrCl2IN2O2/c1-2-15-3-6-19(7-4-15)31-25(32)18(13-30)9-17-10-20(26)24(23(29)12-17)33-14-16-5-8-21(27)22(28)11-16/h3-12H,2,14H2,1H3,(H,31,32)/b18-9+. The normalized spacial score (nSPS) is 11.1. The largest absolute Gasteiger partial charge is 0.487 e. The van der Waals surface area contributed by atoms with Crippen LogP contribution in [0.25, 0.3) is 6.08 Å². The fourth-order valence-electron chi connectivity index (χ4n) is 2.92. The fourth-order valence-corrected chi connectivity index (χ4v) is 5.01. The molecule has 0 aliphatic rings. The van der Waals surface area contributed by atoms with Crippen molar-refractivity contribution in [3.05, 3.63) is 94.9 Å². The molecule has 0 heterocycles. The number of carbonyl (C=O) groups excluding carboxylic acids is 1. The van der Waals surface area contributed by atoms with Crippen molar-refractivity contribution in [3.8, 4) is 11.8 Å². The lowest BCUT2D eigenvalue weighted by Gasteiger charge is -2.12. The van der Waals surface area contributed by atoms with Gasteiger partial charge in [-0.2, -0.15) is 5.26 Å². The molecule has 0 bridgehead atoms.